The first-order valence-corrected chi connectivity index (χ1v) is 4.62. The van der Waals surface area contributed by atoms with Gasteiger partial charge in [-0.3, -0.25) is 0 Å². The van der Waals surface area contributed by atoms with Crippen LogP contribution in [0.1, 0.15) is 25.6 Å². The first-order valence-electron chi connectivity index (χ1n) is 4.62. The van der Waals surface area contributed by atoms with Gasteiger partial charge in [0.25, 0.3) is 0 Å². The lowest BCUT2D eigenvalue weighted by atomic mass is 10.2. The second-order valence-corrected chi connectivity index (χ2v) is 3.46. The number of aromatic nitrogens is 3. The number of hydrogen-bond donors (Lipinski definition) is 0. The van der Waals surface area contributed by atoms with E-state index >= 15 is 0 Å². The summed E-state index contributed by atoms with van der Waals surface area (Å²) in [7, 11) is 1.63. The lowest BCUT2D eigenvalue weighted by Gasteiger charge is -2.00. The SMILES string of the molecule is COc1cccc2nc(C(C)C)nn12. The van der Waals surface area contributed by atoms with Crippen LogP contribution >= 0.6 is 0 Å². The van der Waals surface area contributed by atoms with Gasteiger partial charge in [0.2, 0.25) is 5.88 Å². The van der Waals surface area contributed by atoms with E-state index in [9.17, 15) is 0 Å². The third-order valence-corrected chi connectivity index (χ3v) is 2.07. The predicted octanol–water partition coefficient (Wildman–Crippen LogP) is 1.86. The first kappa shape index (κ1) is 8.99. The Hall–Kier alpha value is -1.58. The van der Waals surface area contributed by atoms with Crippen LogP contribution in [0.25, 0.3) is 5.65 Å². The molecular weight excluding hydrogens is 178 g/mol. The maximum Gasteiger partial charge on any atom is 0.216 e. The van der Waals surface area contributed by atoms with Gasteiger partial charge < -0.3 is 4.74 Å². The molecule has 0 saturated carbocycles. The number of rotatable bonds is 2. The van der Waals surface area contributed by atoms with Crippen molar-refractivity contribution in [1.82, 2.24) is 14.6 Å². The van der Waals surface area contributed by atoms with E-state index < -0.39 is 0 Å². The molecule has 0 radical (unpaired) electrons. The molecule has 0 saturated heterocycles. The van der Waals surface area contributed by atoms with Gasteiger partial charge in [-0.25, -0.2) is 4.98 Å². The Morgan fingerprint density at radius 1 is 1.36 bits per heavy atom. The van der Waals surface area contributed by atoms with Crippen LogP contribution in [-0.4, -0.2) is 21.7 Å². The van der Waals surface area contributed by atoms with Crippen molar-refractivity contribution in [2.24, 2.45) is 0 Å². The molecule has 0 atom stereocenters. The van der Waals surface area contributed by atoms with Gasteiger partial charge in [-0.1, -0.05) is 19.9 Å². The van der Waals surface area contributed by atoms with E-state index in [1.165, 1.54) is 0 Å². The second-order valence-electron chi connectivity index (χ2n) is 3.46. The quantitative estimate of drug-likeness (QED) is 0.727. The molecule has 2 heterocycles. The summed E-state index contributed by atoms with van der Waals surface area (Å²) in [5.41, 5.74) is 0.827. The molecule has 14 heavy (non-hydrogen) atoms. The van der Waals surface area contributed by atoms with Gasteiger partial charge in [0.15, 0.2) is 11.5 Å². The highest BCUT2D eigenvalue weighted by Crippen LogP contribution is 2.16. The summed E-state index contributed by atoms with van der Waals surface area (Å²) in [5.74, 6) is 1.89. The molecule has 0 N–H and O–H groups in total. The van der Waals surface area contributed by atoms with Crippen molar-refractivity contribution in [3.8, 4) is 5.88 Å². The van der Waals surface area contributed by atoms with E-state index in [1.807, 2.05) is 18.2 Å². The van der Waals surface area contributed by atoms with Crippen molar-refractivity contribution in [2.45, 2.75) is 19.8 Å². The highest BCUT2D eigenvalue weighted by atomic mass is 16.5. The number of methoxy groups -OCH3 is 1. The molecule has 2 aromatic heterocycles. The van der Waals surface area contributed by atoms with Crippen molar-refractivity contribution < 1.29 is 4.74 Å². The summed E-state index contributed by atoms with van der Waals surface area (Å²) < 4.78 is 6.90. The van der Waals surface area contributed by atoms with Crippen LogP contribution in [0.3, 0.4) is 0 Å². The zero-order valence-electron chi connectivity index (χ0n) is 8.56. The number of fused-ring (bicyclic) bond motifs is 1. The fourth-order valence-corrected chi connectivity index (χ4v) is 1.30. The third-order valence-electron chi connectivity index (χ3n) is 2.07. The molecule has 0 spiro atoms. The van der Waals surface area contributed by atoms with E-state index in [0.717, 1.165) is 11.5 Å². The lowest BCUT2D eigenvalue weighted by molar-refractivity contribution is 0.385. The van der Waals surface area contributed by atoms with Crippen LogP contribution in [0.15, 0.2) is 18.2 Å². The summed E-state index contributed by atoms with van der Waals surface area (Å²) in [6.07, 6.45) is 0. The molecular formula is C10H13N3O. The molecule has 74 valence electrons. The van der Waals surface area contributed by atoms with E-state index in [1.54, 1.807) is 11.6 Å². The molecule has 0 aliphatic rings. The van der Waals surface area contributed by atoms with Gasteiger partial charge in [-0.2, -0.15) is 4.52 Å². The smallest absolute Gasteiger partial charge is 0.216 e. The summed E-state index contributed by atoms with van der Waals surface area (Å²) >= 11 is 0. The first-order chi connectivity index (χ1) is 6.72. The van der Waals surface area contributed by atoms with Crippen LogP contribution in [-0.2, 0) is 0 Å². The highest BCUT2D eigenvalue weighted by Gasteiger charge is 2.09. The maximum atomic E-state index is 5.18. The fraction of sp³-hybridized carbons (Fsp3) is 0.400. The Balaban J connectivity index is 2.64. The average molecular weight is 191 g/mol. The fourth-order valence-electron chi connectivity index (χ4n) is 1.30. The second kappa shape index (κ2) is 3.29. The topological polar surface area (TPSA) is 39.4 Å². The Morgan fingerprint density at radius 2 is 2.14 bits per heavy atom. The Bertz CT molecular complexity index is 448. The lowest BCUT2D eigenvalue weighted by Crippen LogP contribution is -1.96. The van der Waals surface area contributed by atoms with Crippen LogP contribution in [0.4, 0.5) is 0 Å². The molecule has 0 bridgehead atoms. The van der Waals surface area contributed by atoms with E-state index in [-0.39, 0.29) is 0 Å². The number of hydrogen-bond acceptors (Lipinski definition) is 3. The van der Waals surface area contributed by atoms with Gasteiger partial charge in [0.1, 0.15) is 0 Å². The molecule has 2 aromatic rings. The zero-order valence-corrected chi connectivity index (χ0v) is 8.56. The molecule has 4 heteroatoms. The van der Waals surface area contributed by atoms with Gasteiger partial charge in [-0.05, 0) is 6.07 Å². The summed E-state index contributed by atoms with van der Waals surface area (Å²) in [6, 6.07) is 5.69. The summed E-state index contributed by atoms with van der Waals surface area (Å²) in [6.45, 7) is 4.14. The number of nitrogens with zero attached hydrogens (tertiary/aromatic N) is 3. The van der Waals surface area contributed by atoms with E-state index in [4.69, 9.17) is 4.74 Å². The molecule has 0 aliphatic heterocycles. The maximum absolute atomic E-state index is 5.18. The molecule has 0 amide bonds. The Morgan fingerprint density at radius 3 is 2.79 bits per heavy atom. The molecule has 2 rings (SSSR count). The van der Waals surface area contributed by atoms with Gasteiger partial charge in [0, 0.05) is 12.0 Å². The van der Waals surface area contributed by atoms with Crippen molar-refractivity contribution in [3.63, 3.8) is 0 Å². The minimum Gasteiger partial charge on any atom is -0.481 e. The molecule has 0 fully saturated rings. The van der Waals surface area contributed by atoms with E-state index in [0.29, 0.717) is 11.8 Å². The molecule has 0 unspecified atom stereocenters. The van der Waals surface area contributed by atoms with Crippen molar-refractivity contribution in [3.05, 3.63) is 24.0 Å². The minimum absolute atomic E-state index is 0.333. The largest absolute Gasteiger partial charge is 0.481 e. The average Bonchev–Trinajstić information content (AvgIpc) is 2.60. The summed E-state index contributed by atoms with van der Waals surface area (Å²) in [5, 5.41) is 4.36. The standard InChI is InChI=1S/C10H13N3O/c1-7(2)10-11-8-5-4-6-9(14-3)13(8)12-10/h4-7H,1-3H3. The van der Waals surface area contributed by atoms with Crippen molar-refractivity contribution in [1.29, 1.82) is 0 Å². The van der Waals surface area contributed by atoms with Crippen LogP contribution in [0.2, 0.25) is 0 Å². The van der Waals surface area contributed by atoms with Gasteiger partial charge in [0.05, 0.1) is 7.11 Å². The monoisotopic (exact) mass is 191 g/mol. The number of pyridine rings is 1. The molecule has 0 aliphatic carbocycles. The zero-order chi connectivity index (χ0) is 10.1. The predicted molar refractivity (Wildman–Crippen MR) is 53.6 cm³/mol. The van der Waals surface area contributed by atoms with E-state index in [2.05, 4.69) is 23.9 Å². The number of ether oxygens (including phenoxy) is 1. The van der Waals surface area contributed by atoms with Crippen LogP contribution in [0.5, 0.6) is 5.88 Å². The highest BCUT2D eigenvalue weighted by molar-refractivity contribution is 5.40. The summed E-state index contributed by atoms with van der Waals surface area (Å²) in [4.78, 5) is 4.39. The third kappa shape index (κ3) is 1.32. The Kier molecular flexibility index (Phi) is 2.11. The van der Waals surface area contributed by atoms with Crippen LogP contribution in [0, 0.1) is 0 Å². The van der Waals surface area contributed by atoms with Gasteiger partial charge in [-0.15, -0.1) is 5.10 Å². The van der Waals surface area contributed by atoms with Crippen LogP contribution < -0.4 is 4.74 Å². The molecule has 0 aromatic carbocycles. The van der Waals surface area contributed by atoms with Crippen molar-refractivity contribution >= 4 is 5.65 Å². The van der Waals surface area contributed by atoms with Crippen molar-refractivity contribution in [2.75, 3.05) is 7.11 Å². The van der Waals surface area contributed by atoms with Gasteiger partial charge >= 0.3 is 0 Å². The normalized spacial score (nSPS) is 11.1. The Labute approximate surface area is 82.5 Å². The molecule has 4 nitrogen and oxygen atoms in total. The minimum atomic E-state index is 0.333.